The number of aromatic nitrogens is 2. The molecule has 8 heteroatoms. The number of hydrogen-bond acceptors (Lipinski definition) is 7. The zero-order chi connectivity index (χ0) is 22.5. The summed E-state index contributed by atoms with van der Waals surface area (Å²) < 4.78 is 11.5. The maximum Gasteiger partial charge on any atom is 0.335 e. The van der Waals surface area contributed by atoms with Crippen LogP contribution in [0, 0.1) is 13.8 Å². The molecule has 2 aromatic heterocycles. The predicted molar refractivity (Wildman–Crippen MR) is 125 cm³/mol. The summed E-state index contributed by atoms with van der Waals surface area (Å²) in [4.78, 5) is 24.0. The van der Waals surface area contributed by atoms with Crippen LogP contribution in [0.4, 0.5) is 0 Å². The molecule has 1 aliphatic rings. The van der Waals surface area contributed by atoms with Gasteiger partial charge in [0, 0.05) is 53.6 Å². The van der Waals surface area contributed by atoms with Crippen molar-refractivity contribution in [3.8, 4) is 5.75 Å². The van der Waals surface area contributed by atoms with Gasteiger partial charge >= 0.3 is 5.97 Å². The number of rotatable bonds is 8. The van der Waals surface area contributed by atoms with Gasteiger partial charge in [0.25, 0.3) is 0 Å². The molecule has 0 saturated carbocycles. The number of aryl methyl sites for hydroxylation is 1. The van der Waals surface area contributed by atoms with Crippen molar-refractivity contribution in [2.75, 3.05) is 38.6 Å². The molecule has 0 amide bonds. The molecule has 3 aromatic rings. The minimum Gasteiger partial charge on any atom is -0.487 e. The number of carboxylic acid groups (broad SMARTS) is 1. The van der Waals surface area contributed by atoms with E-state index >= 15 is 0 Å². The van der Waals surface area contributed by atoms with Crippen molar-refractivity contribution in [3.63, 3.8) is 0 Å². The first-order valence-electron chi connectivity index (χ1n) is 10.7. The van der Waals surface area contributed by atoms with E-state index < -0.39 is 5.97 Å². The fourth-order valence-corrected chi connectivity index (χ4v) is 4.75. The molecular weight excluding hydrogens is 426 g/mol. The van der Waals surface area contributed by atoms with Crippen LogP contribution in [0.1, 0.15) is 27.3 Å². The maximum atomic E-state index is 11.4. The molecule has 1 saturated heterocycles. The fourth-order valence-electron chi connectivity index (χ4n) is 3.69. The van der Waals surface area contributed by atoms with Crippen molar-refractivity contribution in [1.29, 1.82) is 0 Å². The number of pyridine rings is 2. The number of hydrogen-bond donors (Lipinski definition) is 1. The lowest BCUT2D eigenvalue weighted by Gasteiger charge is -2.26. The second-order valence-electron chi connectivity index (χ2n) is 7.77. The van der Waals surface area contributed by atoms with E-state index in [2.05, 4.69) is 21.8 Å². The van der Waals surface area contributed by atoms with E-state index in [4.69, 9.17) is 9.47 Å². The summed E-state index contributed by atoms with van der Waals surface area (Å²) in [7, 11) is 0. The highest BCUT2D eigenvalue weighted by Gasteiger charge is 2.13. The van der Waals surface area contributed by atoms with E-state index in [-0.39, 0.29) is 5.56 Å². The smallest absolute Gasteiger partial charge is 0.335 e. The quantitative estimate of drug-likeness (QED) is 0.513. The number of carboxylic acids is 1. The minimum atomic E-state index is -0.974. The average Bonchev–Trinajstić information content (AvgIpc) is 2.79. The standard InChI is InChI=1S/C24H27N3O4S/c1-16-13-22(19-14-18(24(28)29)3-4-20(19)26-16)31-15-21-17(2)23(5-6-25-21)32-12-9-27-7-10-30-11-8-27/h3-6,13-14H,7-12,15H2,1-2H3,(H,28,29). The highest BCUT2D eigenvalue weighted by atomic mass is 32.2. The Morgan fingerprint density at radius 1 is 1.22 bits per heavy atom. The molecule has 1 aromatic carbocycles. The number of ether oxygens (including phenoxy) is 2. The highest BCUT2D eigenvalue weighted by molar-refractivity contribution is 7.99. The Hall–Kier alpha value is -2.68. The van der Waals surface area contributed by atoms with Crippen LogP contribution >= 0.6 is 11.8 Å². The van der Waals surface area contributed by atoms with Crippen LogP contribution in [0.2, 0.25) is 0 Å². The molecule has 4 rings (SSSR count). The van der Waals surface area contributed by atoms with Gasteiger partial charge in [-0.3, -0.25) is 14.9 Å². The minimum absolute atomic E-state index is 0.209. The molecule has 0 radical (unpaired) electrons. The molecule has 0 atom stereocenters. The van der Waals surface area contributed by atoms with Crippen LogP contribution in [0.25, 0.3) is 10.9 Å². The Kier molecular flexibility index (Phi) is 7.24. The molecule has 1 N–H and O–H groups in total. The lowest BCUT2D eigenvalue weighted by molar-refractivity contribution is 0.0410. The number of aromatic carboxylic acids is 1. The monoisotopic (exact) mass is 453 g/mol. The largest absolute Gasteiger partial charge is 0.487 e. The molecule has 0 bridgehead atoms. The third-order valence-corrected chi connectivity index (χ3v) is 6.68. The molecule has 0 spiro atoms. The van der Waals surface area contributed by atoms with E-state index in [1.807, 2.05) is 37.0 Å². The van der Waals surface area contributed by atoms with Crippen LogP contribution in [0.3, 0.4) is 0 Å². The molecule has 3 heterocycles. The Morgan fingerprint density at radius 3 is 2.81 bits per heavy atom. The zero-order valence-corrected chi connectivity index (χ0v) is 19.2. The maximum absolute atomic E-state index is 11.4. The summed E-state index contributed by atoms with van der Waals surface area (Å²) in [6, 6.07) is 8.77. The van der Waals surface area contributed by atoms with Crippen LogP contribution in [0.15, 0.2) is 41.4 Å². The molecule has 1 aliphatic heterocycles. The van der Waals surface area contributed by atoms with Gasteiger partial charge in [-0.1, -0.05) is 0 Å². The molecule has 7 nitrogen and oxygen atoms in total. The Morgan fingerprint density at radius 2 is 2.03 bits per heavy atom. The zero-order valence-electron chi connectivity index (χ0n) is 18.3. The van der Waals surface area contributed by atoms with E-state index in [1.54, 1.807) is 18.2 Å². The van der Waals surface area contributed by atoms with Gasteiger partial charge in [0.05, 0.1) is 30.0 Å². The SMILES string of the molecule is Cc1cc(OCc2nccc(SCCN3CCOCC3)c2C)c2cc(C(=O)O)ccc2n1. The summed E-state index contributed by atoms with van der Waals surface area (Å²) in [5.41, 5.74) is 3.72. The number of carbonyl (C=O) groups is 1. The normalized spacial score (nSPS) is 14.6. The Bertz CT molecular complexity index is 1120. The Balaban J connectivity index is 1.46. The van der Waals surface area contributed by atoms with E-state index in [0.29, 0.717) is 23.3 Å². The summed E-state index contributed by atoms with van der Waals surface area (Å²) >= 11 is 1.83. The highest BCUT2D eigenvalue weighted by Crippen LogP contribution is 2.29. The van der Waals surface area contributed by atoms with Crippen LogP contribution < -0.4 is 4.74 Å². The summed E-state index contributed by atoms with van der Waals surface area (Å²) in [6.45, 7) is 8.94. The van der Waals surface area contributed by atoms with Gasteiger partial charge in [-0.2, -0.15) is 0 Å². The van der Waals surface area contributed by atoms with Crippen molar-refractivity contribution in [3.05, 3.63) is 59.0 Å². The van der Waals surface area contributed by atoms with Crippen LogP contribution in [-0.4, -0.2) is 64.5 Å². The van der Waals surface area contributed by atoms with Crippen LogP contribution in [-0.2, 0) is 11.3 Å². The van der Waals surface area contributed by atoms with Crippen molar-refractivity contribution in [1.82, 2.24) is 14.9 Å². The average molecular weight is 454 g/mol. The summed E-state index contributed by atoms with van der Waals surface area (Å²) in [6.07, 6.45) is 1.82. The van der Waals surface area contributed by atoms with Crippen molar-refractivity contribution < 1.29 is 19.4 Å². The Labute approximate surface area is 191 Å². The van der Waals surface area contributed by atoms with Gasteiger partial charge in [-0.05, 0) is 43.7 Å². The fraction of sp³-hybridized carbons (Fsp3) is 0.375. The van der Waals surface area contributed by atoms with Gasteiger partial charge in [0.1, 0.15) is 12.4 Å². The van der Waals surface area contributed by atoms with E-state index in [0.717, 1.165) is 55.6 Å². The number of nitrogens with zero attached hydrogens (tertiary/aromatic N) is 3. The van der Waals surface area contributed by atoms with Gasteiger partial charge in [-0.15, -0.1) is 11.8 Å². The first kappa shape index (κ1) is 22.5. The molecule has 32 heavy (non-hydrogen) atoms. The first-order chi connectivity index (χ1) is 15.5. The lowest BCUT2D eigenvalue weighted by atomic mass is 10.1. The van der Waals surface area contributed by atoms with Gasteiger partial charge in [0.2, 0.25) is 0 Å². The third-order valence-electron chi connectivity index (χ3n) is 5.54. The van der Waals surface area contributed by atoms with Gasteiger partial charge in [0.15, 0.2) is 0 Å². The second-order valence-corrected chi connectivity index (χ2v) is 8.91. The number of fused-ring (bicyclic) bond motifs is 1. The first-order valence-corrected chi connectivity index (χ1v) is 11.6. The second kappa shape index (κ2) is 10.3. The summed E-state index contributed by atoms with van der Waals surface area (Å²) in [5.74, 6) is 0.650. The van der Waals surface area contributed by atoms with Gasteiger partial charge in [-0.25, -0.2) is 4.79 Å². The molecular formula is C24H27N3O4S. The number of morpholine rings is 1. The number of benzene rings is 1. The van der Waals surface area contributed by atoms with Crippen LogP contribution in [0.5, 0.6) is 5.75 Å². The molecule has 0 aliphatic carbocycles. The predicted octanol–water partition coefficient (Wildman–Crippen LogP) is 3.95. The summed E-state index contributed by atoms with van der Waals surface area (Å²) in [5, 5.41) is 10.0. The molecule has 168 valence electrons. The van der Waals surface area contributed by atoms with Crippen molar-refractivity contribution in [2.24, 2.45) is 0 Å². The van der Waals surface area contributed by atoms with Gasteiger partial charge < -0.3 is 14.6 Å². The topological polar surface area (TPSA) is 84.8 Å². The van der Waals surface area contributed by atoms with Crippen molar-refractivity contribution >= 4 is 28.6 Å². The van der Waals surface area contributed by atoms with E-state index in [1.165, 1.54) is 4.90 Å². The molecule has 0 unspecified atom stereocenters. The lowest BCUT2D eigenvalue weighted by Crippen LogP contribution is -2.37. The van der Waals surface area contributed by atoms with E-state index in [9.17, 15) is 9.90 Å². The third kappa shape index (κ3) is 5.38. The molecule has 1 fully saturated rings. The number of thioether (sulfide) groups is 1. The van der Waals surface area contributed by atoms with Crippen molar-refractivity contribution in [2.45, 2.75) is 25.3 Å².